The maximum Gasteiger partial charge on any atom is 0.0828 e. The maximum absolute atomic E-state index is 6.17. The normalized spacial score (nSPS) is 13.6. The van der Waals surface area contributed by atoms with Gasteiger partial charge in [-0.1, -0.05) is 25.4 Å². The van der Waals surface area contributed by atoms with Crippen LogP contribution in [0.5, 0.6) is 0 Å². The zero-order valence-electron chi connectivity index (χ0n) is 11.7. The molecule has 0 fully saturated rings. The van der Waals surface area contributed by atoms with Crippen LogP contribution in [0.2, 0.25) is 5.02 Å². The van der Waals surface area contributed by atoms with Gasteiger partial charge in [0.1, 0.15) is 0 Å². The number of likely N-dealkylation sites (N-methyl/N-ethyl adjacent to an activating group) is 1. The average molecular weight is 271 g/mol. The standard InChI is InChI=1S/C14H23ClN2O/c1-5-14(6-2,18-4)13(16-3)9-11-7-8-17-10-12(11)15/h7-8,10,13,16H,5-6,9H2,1-4H3. The first kappa shape index (κ1) is 15.4. The van der Waals surface area contributed by atoms with Crippen molar-refractivity contribution in [3.63, 3.8) is 0 Å². The van der Waals surface area contributed by atoms with Crippen molar-refractivity contribution in [1.29, 1.82) is 0 Å². The summed E-state index contributed by atoms with van der Waals surface area (Å²) in [5.41, 5.74) is 0.954. The molecule has 1 aromatic rings. The highest BCUT2D eigenvalue weighted by Gasteiger charge is 2.35. The van der Waals surface area contributed by atoms with Crippen LogP contribution in [0.4, 0.5) is 0 Å². The van der Waals surface area contributed by atoms with Gasteiger partial charge in [0.05, 0.1) is 10.6 Å². The molecule has 1 unspecified atom stereocenters. The summed E-state index contributed by atoms with van der Waals surface area (Å²) in [5, 5.41) is 4.08. The van der Waals surface area contributed by atoms with Gasteiger partial charge in [-0.15, -0.1) is 0 Å². The molecule has 0 aliphatic heterocycles. The Kier molecular flexibility index (Phi) is 6.06. The minimum Gasteiger partial charge on any atom is -0.377 e. The van der Waals surface area contributed by atoms with Crippen LogP contribution in [-0.2, 0) is 11.2 Å². The van der Waals surface area contributed by atoms with E-state index in [1.165, 1.54) is 0 Å². The number of rotatable bonds is 7. The van der Waals surface area contributed by atoms with Crippen molar-refractivity contribution >= 4 is 11.6 Å². The molecular weight excluding hydrogens is 248 g/mol. The second-order valence-electron chi connectivity index (χ2n) is 4.49. The predicted molar refractivity (Wildman–Crippen MR) is 76.1 cm³/mol. The summed E-state index contributed by atoms with van der Waals surface area (Å²) in [4.78, 5) is 4.02. The Bertz CT molecular complexity index is 358. The minimum atomic E-state index is -0.151. The number of hydrogen-bond donors (Lipinski definition) is 1. The van der Waals surface area contributed by atoms with Gasteiger partial charge in [0.2, 0.25) is 0 Å². The van der Waals surface area contributed by atoms with E-state index in [9.17, 15) is 0 Å². The number of nitrogens with one attached hydrogen (secondary N) is 1. The predicted octanol–water partition coefficient (Wildman–Crippen LogP) is 3.07. The molecule has 1 heterocycles. The van der Waals surface area contributed by atoms with Crippen LogP contribution in [0.25, 0.3) is 0 Å². The number of hydrogen-bond acceptors (Lipinski definition) is 3. The van der Waals surface area contributed by atoms with Crippen molar-refractivity contribution < 1.29 is 4.74 Å². The lowest BCUT2D eigenvalue weighted by Gasteiger charge is -2.38. The van der Waals surface area contributed by atoms with Crippen LogP contribution in [0.1, 0.15) is 32.3 Å². The fraction of sp³-hybridized carbons (Fsp3) is 0.643. The first-order valence-electron chi connectivity index (χ1n) is 6.44. The van der Waals surface area contributed by atoms with Gasteiger partial charge in [0.25, 0.3) is 0 Å². The molecule has 0 aliphatic rings. The molecule has 1 N–H and O–H groups in total. The lowest BCUT2D eigenvalue weighted by Crippen LogP contribution is -2.51. The maximum atomic E-state index is 6.17. The van der Waals surface area contributed by atoms with E-state index >= 15 is 0 Å². The van der Waals surface area contributed by atoms with E-state index in [2.05, 4.69) is 24.1 Å². The highest BCUT2D eigenvalue weighted by atomic mass is 35.5. The minimum absolute atomic E-state index is 0.151. The van der Waals surface area contributed by atoms with Crippen molar-refractivity contribution in [2.24, 2.45) is 0 Å². The topological polar surface area (TPSA) is 34.1 Å². The molecule has 0 spiro atoms. The van der Waals surface area contributed by atoms with Gasteiger partial charge in [0.15, 0.2) is 0 Å². The Morgan fingerprint density at radius 3 is 2.56 bits per heavy atom. The van der Waals surface area contributed by atoms with Crippen LogP contribution >= 0.6 is 11.6 Å². The van der Waals surface area contributed by atoms with E-state index in [0.29, 0.717) is 0 Å². The molecule has 0 aliphatic carbocycles. The Morgan fingerprint density at radius 2 is 2.11 bits per heavy atom. The van der Waals surface area contributed by atoms with Gasteiger partial charge in [-0.3, -0.25) is 4.98 Å². The zero-order chi connectivity index (χ0) is 13.6. The highest BCUT2D eigenvalue weighted by molar-refractivity contribution is 6.31. The van der Waals surface area contributed by atoms with Gasteiger partial charge < -0.3 is 10.1 Å². The van der Waals surface area contributed by atoms with Gasteiger partial charge in [-0.25, -0.2) is 0 Å². The number of aromatic nitrogens is 1. The van der Waals surface area contributed by atoms with Gasteiger partial charge in [-0.2, -0.15) is 0 Å². The SMILES string of the molecule is CCC(CC)(OC)C(Cc1ccncc1Cl)NC. The molecule has 3 nitrogen and oxygen atoms in total. The molecule has 0 radical (unpaired) electrons. The monoisotopic (exact) mass is 270 g/mol. The third-order valence-electron chi connectivity index (χ3n) is 3.87. The molecule has 4 heteroatoms. The van der Waals surface area contributed by atoms with Crippen molar-refractivity contribution in [1.82, 2.24) is 10.3 Å². The van der Waals surface area contributed by atoms with Crippen molar-refractivity contribution in [2.45, 2.75) is 44.8 Å². The summed E-state index contributed by atoms with van der Waals surface area (Å²) in [6.45, 7) is 4.32. The molecule has 0 aromatic carbocycles. The number of ether oxygens (including phenoxy) is 1. The van der Waals surface area contributed by atoms with E-state index in [1.807, 2.05) is 13.1 Å². The van der Waals surface area contributed by atoms with Gasteiger partial charge in [-0.05, 0) is 37.9 Å². The summed E-state index contributed by atoms with van der Waals surface area (Å²) >= 11 is 6.17. The summed E-state index contributed by atoms with van der Waals surface area (Å²) < 4.78 is 5.78. The Hall–Kier alpha value is -0.640. The smallest absolute Gasteiger partial charge is 0.0828 e. The van der Waals surface area contributed by atoms with Gasteiger partial charge >= 0.3 is 0 Å². The molecule has 1 aromatic heterocycles. The van der Waals surface area contributed by atoms with E-state index in [1.54, 1.807) is 19.5 Å². The zero-order valence-corrected chi connectivity index (χ0v) is 12.4. The summed E-state index contributed by atoms with van der Waals surface area (Å²) in [7, 11) is 3.75. The largest absolute Gasteiger partial charge is 0.377 e. The Labute approximate surface area is 115 Å². The Balaban J connectivity index is 2.94. The second kappa shape index (κ2) is 7.07. The van der Waals surface area contributed by atoms with E-state index in [4.69, 9.17) is 16.3 Å². The number of methoxy groups -OCH3 is 1. The van der Waals surface area contributed by atoms with E-state index in [0.717, 1.165) is 29.8 Å². The number of halogens is 1. The first-order valence-corrected chi connectivity index (χ1v) is 6.82. The molecule has 18 heavy (non-hydrogen) atoms. The summed E-state index contributed by atoms with van der Waals surface area (Å²) in [6.07, 6.45) is 6.24. The highest BCUT2D eigenvalue weighted by Crippen LogP contribution is 2.28. The molecule has 0 amide bonds. The Morgan fingerprint density at radius 1 is 1.44 bits per heavy atom. The second-order valence-corrected chi connectivity index (χ2v) is 4.90. The van der Waals surface area contributed by atoms with E-state index < -0.39 is 0 Å². The fourth-order valence-corrected chi connectivity index (χ4v) is 2.71. The third-order valence-corrected chi connectivity index (χ3v) is 4.21. The third kappa shape index (κ3) is 3.22. The average Bonchev–Trinajstić information content (AvgIpc) is 2.42. The summed E-state index contributed by atoms with van der Waals surface area (Å²) in [6, 6.07) is 2.20. The van der Waals surface area contributed by atoms with Crippen LogP contribution in [0, 0.1) is 0 Å². The van der Waals surface area contributed by atoms with Crippen LogP contribution in [0.3, 0.4) is 0 Å². The molecule has 0 saturated heterocycles. The van der Waals surface area contributed by atoms with E-state index in [-0.39, 0.29) is 11.6 Å². The molecular formula is C14H23ClN2O. The van der Waals surface area contributed by atoms with Crippen molar-refractivity contribution in [2.75, 3.05) is 14.2 Å². The van der Waals surface area contributed by atoms with Crippen LogP contribution < -0.4 is 5.32 Å². The van der Waals surface area contributed by atoms with Crippen LogP contribution in [-0.4, -0.2) is 30.8 Å². The molecule has 1 rings (SSSR count). The summed E-state index contributed by atoms with van der Waals surface area (Å²) in [5.74, 6) is 0. The van der Waals surface area contributed by atoms with Crippen molar-refractivity contribution in [3.8, 4) is 0 Å². The molecule has 1 atom stereocenters. The molecule has 102 valence electrons. The van der Waals surface area contributed by atoms with Gasteiger partial charge in [0, 0.05) is 25.5 Å². The lowest BCUT2D eigenvalue weighted by atomic mass is 9.84. The van der Waals surface area contributed by atoms with Crippen molar-refractivity contribution in [3.05, 3.63) is 29.0 Å². The quantitative estimate of drug-likeness (QED) is 0.827. The first-order chi connectivity index (χ1) is 8.63. The van der Waals surface area contributed by atoms with Crippen LogP contribution in [0.15, 0.2) is 18.5 Å². The number of pyridine rings is 1. The molecule has 0 bridgehead atoms. The fourth-order valence-electron chi connectivity index (χ4n) is 2.51. The number of nitrogens with zero attached hydrogens (tertiary/aromatic N) is 1. The molecule has 0 saturated carbocycles. The lowest BCUT2D eigenvalue weighted by molar-refractivity contribution is -0.0454.